The van der Waals surface area contributed by atoms with Gasteiger partial charge in [0, 0.05) is 30.5 Å². The van der Waals surface area contributed by atoms with E-state index in [0.717, 1.165) is 32.1 Å². The Labute approximate surface area is 178 Å². The molecule has 0 aliphatic carbocycles. The summed E-state index contributed by atoms with van der Waals surface area (Å²) < 4.78 is 66.4. The molecule has 0 atom stereocenters. The molecule has 0 unspecified atom stereocenters. The van der Waals surface area contributed by atoms with Crippen LogP contribution in [0.2, 0.25) is 0 Å². The van der Waals surface area contributed by atoms with Crippen molar-refractivity contribution >= 4 is 27.6 Å². The number of nitrogens with one attached hydrogen (secondary N) is 4. The van der Waals surface area contributed by atoms with Gasteiger partial charge < -0.3 is 16.0 Å². The molecule has 1 aliphatic heterocycles. The maximum Gasteiger partial charge on any atom is 0.421 e. The Bertz CT molecular complexity index is 996. The minimum absolute atomic E-state index is 0.0486. The molecule has 1 fully saturated rings. The Morgan fingerprint density at radius 2 is 1.94 bits per heavy atom. The van der Waals surface area contributed by atoms with E-state index >= 15 is 0 Å². The fourth-order valence-electron chi connectivity index (χ4n) is 3.01. The summed E-state index contributed by atoms with van der Waals surface area (Å²) >= 11 is 0. The molecule has 13 heteroatoms. The summed E-state index contributed by atoms with van der Waals surface area (Å²) in [4.78, 5) is 11.8. The van der Waals surface area contributed by atoms with Crippen LogP contribution >= 0.6 is 0 Å². The Kier molecular flexibility index (Phi) is 7.15. The molecule has 0 amide bonds. The van der Waals surface area contributed by atoms with Crippen molar-refractivity contribution in [2.75, 3.05) is 34.2 Å². The molecule has 170 valence electrons. The lowest BCUT2D eigenvalue weighted by atomic mass is 10.1. The summed E-state index contributed by atoms with van der Waals surface area (Å²) in [5.41, 5.74) is -0.637. The van der Waals surface area contributed by atoms with Crippen molar-refractivity contribution < 1.29 is 21.6 Å². The second-order valence-corrected chi connectivity index (χ2v) is 9.00. The van der Waals surface area contributed by atoms with Crippen LogP contribution in [0, 0.1) is 0 Å². The molecule has 31 heavy (non-hydrogen) atoms. The van der Waals surface area contributed by atoms with Gasteiger partial charge in [-0.15, -0.1) is 0 Å². The minimum atomic E-state index is -4.66. The van der Waals surface area contributed by atoms with Crippen LogP contribution in [0.25, 0.3) is 0 Å². The number of sulfonamides is 1. The highest BCUT2D eigenvalue weighted by Crippen LogP contribution is 2.34. The molecule has 1 aliphatic rings. The van der Waals surface area contributed by atoms with Gasteiger partial charge in [0.2, 0.25) is 16.0 Å². The topological polar surface area (TPSA) is 121 Å². The molecule has 4 N–H and O–H groups in total. The van der Waals surface area contributed by atoms with Crippen LogP contribution < -0.4 is 20.7 Å². The molecule has 0 spiro atoms. The third-order valence-electron chi connectivity index (χ3n) is 4.74. The lowest BCUT2D eigenvalue weighted by molar-refractivity contribution is -0.137. The molecule has 3 heterocycles. The van der Waals surface area contributed by atoms with Gasteiger partial charge in [-0.3, -0.25) is 4.72 Å². The molecule has 3 rings (SSSR count). The smallest absolute Gasteiger partial charge is 0.365 e. The SMILES string of the molecule is CCS(=O)(=O)Nc1ncccc1CNc1nc(NC2CCNCC2)ncc1C(F)(F)F. The van der Waals surface area contributed by atoms with Crippen LogP contribution in [-0.2, 0) is 22.7 Å². The van der Waals surface area contributed by atoms with E-state index in [9.17, 15) is 21.6 Å². The predicted octanol–water partition coefficient (Wildman–Crippen LogP) is 2.43. The molecule has 2 aromatic heterocycles. The summed E-state index contributed by atoms with van der Waals surface area (Å²) in [6, 6.07) is 3.20. The van der Waals surface area contributed by atoms with E-state index in [0.29, 0.717) is 5.56 Å². The molecule has 9 nitrogen and oxygen atoms in total. The van der Waals surface area contributed by atoms with Gasteiger partial charge in [0.15, 0.2) is 0 Å². The average Bonchev–Trinajstić information content (AvgIpc) is 2.73. The highest BCUT2D eigenvalue weighted by atomic mass is 32.2. The summed E-state index contributed by atoms with van der Waals surface area (Å²) in [6.07, 6.45) is -0.905. The second-order valence-electron chi connectivity index (χ2n) is 6.99. The first-order chi connectivity index (χ1) is 14.7. The number of halogens is 3. The fraction of sp³-hybridized carbons (Fsp3) is 0.500. The maximum atomic E-state index is 13.5. The summed E-state index contributed by atoms with van der Waals surface area (Å²) in [7, 11) is -3.59. The van der Waals surface area contributed by atoms with Crippen LogP contribution in [0.1, 0.15) is 30.9 Å². The Morgan fingerprint density at radius 3 is 2.61 bits per heavy atom. The molecular formula is C18H24F3N7O2S. The van der Waals surface area contributed by atoms with Crippen molar-refractivity contribution in [2.24, 2.45) is 0 Å². The van der Waals surface area contributed by atoms with Crippen LogP contribution in [-0.4, -0.2) is 48.3 Å². The molecular weight excluding hydrogens is 435 g/mol. The lowest BCUT2D eigenvalue weighted by Gasteiger charge is -2.24. The molecule has 1 saturated heterocycles. The van der Waals surface area contributed by atoms with Crippen molar-refractivity contribution in [1.82, 2.24) is 20.3 Å². The van der Waals surface area contributed by atoms with E-state index in [1.165, 1.54) is 13.1 Å². The van der Waals surface area contributed by atoms with Crippen molar-refractivity contribution in [2.45, 2.75) is 38.5 Å². The van der Waals surface area contributed by atoms with Gasteiger partial charge in [0.05, 0.1) is 5.75 Å². The minimum Gasteiger partial charge on any atom is -0.365 e. The number of hydrogen-bond acceptors (Lipinski definition) is 8. The standard InChI is InChI=1S/C18H24F3N7O2S/c1-2-31(29,30)28-15-12(4-3-7-23-15)10-24-16-14(18(19,20)21)11-25-17(27-16)26-13-5-8-22-9-6-13/h3-4,7,11,13,22H,2,5-6,8-10H2,1H3,(H,23,28)(H2,24,25,26,27). The number of anilines is 3. The Morgan fingerprint density at radius 1 is 1.19 bits per heavy atom. The second kappa shape index (κ2) is 9.64. The van der Waals surface area contributed by atoms with Crippen LogP contribution in [0.5, 0.6) is 0 Å². The number of hydrogen-bond donors (Lipinski definition) is 4. The molecule has 0 saturated carbocycles. The molecule has 0 bridgehead atoms. The zero-order chi connectivity index (χ0) is 22.5. The highest BCUT2D eigenvalue weighted by Gasteiger charge is 2.35. The fourth-order valence-corrected chi connectivity index (χ4v) is 3.64. The third kappa shape index (κ3) is 6.40. The zero-order valence-corrected chi connectivity index (χ0v) is 17.6. The van der Waals surface area contributed by atoms with E-state index in [-0.39, 0.29) is 30.1 Å². The van der Waals surface area contributed by atoms with Crippen LogP contribution in [0.3, 0.4) is 0 Å². The molecule has 2 aromatic rings. The maximum absolute atomic E-state index is 13.5. The van der Waals surface area contributed by atoms with Gasteiger partial charge in [-0.2, -0.15) is 18.2 Å². The first-order valence-electron chi connectivity index (χ1n) is 9.77. The first kappa shape index (κ1) is 23.0. The van der Waals surface area contributed by atoms with Crippen molar-refractivity contribution in [3.63, 3.8) is 0 Å². The Hall–Kier alpha value is -2.67. The van der Waals surface area contributed by atoms with Crippen molar-refractivity contribution in [3.05, 3.63) is 35.7 Å². The normalized spacial score (nSPS) is 15.5. The monoisotopic (exact) mass is 459 g/mol. The van der Waals surface area contributed by atoms with E-state index in [2.05, 4.69) is 35.6 Å². The summed E-state index contributed by atoms with van der Waals surface area (Å²) in [5, 5.41) is 8.94. The number of nitrogens with zero attached hydrogens (tertiary/aromatic N) is 3. The third-order valence-corrected chi connectivity index (χ3v) is 6.00. The van der Waals surface area contributed by atoms with Crippen LogP contribution in [0.4, 0.5) is 30.8 Å². The van der Waals surface area contributed by atoms with Gasteiger partial charge in [0.1, 0.15) is 17.2 Å². The first-order valence-corrected chi connectivity index (χ1v) is 11.4. The lowest BCUT2D eigenvalue weighted by Crippen LogP contribution is -2.35. The zero-order valence-electron chi connectivity index (χ0n) is 16.8. The van der Waals surface area contributed by atoms with Gasteiger partial charge >= 0.3 is 6.18 Å². The van der Waals surface area contributed by atoms with E-state index in [1.54, 1.807) is 12.1 Å². The van der Waals surface area contributed by atoms with Gasteiger partial charge in [-0.1, -0.05) is 6.07 Å². The largest absolute Gasteiger partial charge is 0.421 e. The van der Waals surface area contributed by atoms with Gasteiger partial charge in [-0.25, -0.2) is 18.4 Å². The van der Waals surface area contributed by atoms with Gasteiger partial charge in [0.25, 0.3) is 0 Å². The van der Waals surface area contributed by atoms with E-state index < -0.39 is 27.6 Å². The number of aromatic nitrogens is 3. The average molecular weight is 459 g/mol. The van der Waals surface area contributed by atoms with Crippen LogP contribution in [0.15, 0.2) is 24.5 Å². The summed E-state index contributed by atoms with van der Waals surface area (Å²) in [5.74, 6) is -0.410. The van der Waals surface area contributed by atoms with Crippen molar-refractivity contribution in [3.8, 4) is 0 Å². The quantitative estimate of drug-likeness (QED) is 0.475. The molecule has 0 radical (unpaired) electrons. The Balaban J connectivity index is 1.82. The number of alkyl halides is 3. The molecule has 0 aromatic carbocycles. The number of piperidine rings is 1. The number of pyridine rings is 1. The highest BCUT2D eigenvalue weighted by molar-refractivity contribution is 7.92. The van der Waals surface area contributed by atoms with Gasteiger partial charge in [-0.05, 0) is 38.9 Å². The van der Waals surface area contributed by atoms with E-state index in [1.807, 2.05) is 0 Å². The van der Waals surface area contributed by atoms with E-state index in [4.69, 9.17) is 0 Å². The summed E-state index contributed by atoms with van der Waals surface area (Å²) in [6.45, 7) is 2.96. The predicted molar refractivity (Wildman–Crippen MR) is 111 cm³/mol. The van der Waals surface area contributed by atoms with Crippen molar-refractivity contribution in [1.29, 1.82) is 0 Å². The number of rotatable bonds is 8.